The number of esters is 2. The SMILES string of the molecule is CCOC(=O)c1cccc(I)c1OC(=O)CI. The van der Waals surface area contributed by atoms with Gasteiger partial charge in [-0.2, -0.15) is 0 Å². The van der Waals surface area contributed by atoms with Crippen molar-refractivity contribution in [2.24, 2.45) is 0 Å². The highest BCUT2D eigenvalue weighted by Gasteiger charge is 2.18. The second-order valence-electron chi connectivity index (χ2n) is 2.94. The minimum absolute atomic E-state index is 0.227. The Bertz CT molecular complexity index is 431. The first-order chi connectivity index (χ1) is 8.10. The largest absolute Gasteiger partial charge is 0.462 e. The third-order valence-electron chi connectivity index (χ3n) is 1.79. The molecule has 1 aromatic carbocycles. The normalized spacial score (nSPS) is 9.82. The summed E-state index contributed by atoms with van der Waals surface area (Å²) in [5.41, 5.74) is 0.275. The van der Waals surface area contributed by atoms with E-state index in [1.807, 2.05) is 45.2 Å². The van der Waals surface area contributed by atoms with E-state index in [-0.39, 0.29) is 28.3 Å². The lowest BCUT2D eigenvalue weighted by Crippen LogP contribution is -2.14. The Balaban J connectivity index is 3.08. The average Bonchev–Trinajstić information content (AvgIpc) is 2.31. The molecule has 0 saturated heterocycles. The lowest BCUT2D eigenvalue weighted by molar-refractivity contribution is -0.131. The van der Waals surface area contributed by atoms with Gasteiger partial charge in [-0.05, 0) is 41.6 Å². The van der Waals surface area contributed by atoms with E-state index >= 15 is 0 Å². The molecule has 0 aliphatic carbocycles. The molecule has 0 aliphatic rings. The van der Waals surface area contributed by atoms with Crippen LogP contribution in [0.2, 0.25) is 0 Å². The number of halogens is 2. The molecule has 4 nitrogen and oxygen atoms in total. The quantitative estimate of drug-likeness (QED) is 0.301. The molecule has 1 rings (SSSR count). The standard InChI is InChI=1S/C11H10I2O4/c1-2-16-11(15)7-4-3-5-8(13)10(7)17-9(14)6-12/h3-5H,2,6H2,1H3. The van der Waals surface area contributed by atoms with Crippen molar-refractivity contribution in [3.63, 3.8) is 0 Å². The van der Waals surface area contributed by atoms with Crippen molar-refractivity contribution in [3.05, 3.63) is 27.3 Å². The van der Waals surface area contributed by atoms with Gasteiger partial charge in [0.05, 0.1) is 14.6 Å². The van der Waals surface area contributed by atoms with Crippen LogP contribution in [0.25, 0.3) is 0 Å². The Morgan fingerprint density at radius 3 is 2.65 bits per heavy atom. The highest BCUT2D eigenvalue weighted by Crippen LogP contribution is 2.26. The van der Waals surface area contributed by atoms with Crippen molar-refractivity contribution in [1.29, 1.82) is 0 Å². The highest BCUT2D eigenvalue weighted by molar-refractivity contribution is 14.1. The summed E-state index contributed by atoms with van der Waals surface area (Å²) in [4.78, 5) is 22.9. The number of hydrogen-bond acceptors (Lipinski definition) is 4. The molecule has 0 fully saturated rings. The summed E-state index contributed by atoms with van der Waals surface area (Å²) in [6.45, 7) is 2.01. The Morgan fingerprint density at radius 1 is 1.35 bits per heavy atom. The third kappa shape index (κ3) is 4.09. The Hall–Kier alpha value is -0.380. The number of carbonyl (C=O) groups excluding carboxylic acids is 2. The van der Waals surface area contributed by atoms with Crippen molar-refractivity contribution in [2.75, 3.05) is 11.0 Å². The van der Waals surface area contributed by atoms with Gasteiger partial charge in [0.2, 0.25) is 0 Å². The van der Waals surface area contributed by atoms with E-state index < -0.39 is 5.97 Å². The third-order valence-corrected chi connectivity index (χ3v) is 3.26. The molecule has 0 aliphatic heterocycles. The maximum absolute atomic E-state index is 11.7. The van der Waals surface area contributed by atoms with Gasteiger partial charge >= 0.3 is 11.9 Å². The Morgan fingerprint density at radius 2 is 2.06 bits per heavy atom. The van der Waals surface area contributed by atoms with Gasteiger partial charge in [0, 0.05) is 0 Å². The van der Waals surface area contributed by atoms with Crippen molar-refractivity contribution >= 4 is 57.1 Å². The highest BCUT2D eigenvalue weighted by atomic mass is 127. The number of hydrogen-bond donors (Lipinski definition) is 0. The maximum Gasteiger partial charge on any atom is 0.341 e. The second-order valence-corrected chi connectivity index (χ2v) is 4.87. The molecule has 0 saturated carbocycles. The molecule has 6 heteroatoms. The minimum Gasteiger partial charge on any atom is -0.462 e. The van der Waals surface area contributed by atoms with Crippen LogP contribution in [0.3, 0.4) is 0 Å². The zero-order valence-corrected chi connectivity index (χ0v) is 13.4. The summed E-state index contributed by atoms with van der Waals surface area (Å²) < 4.78 is 11.0. The molecule has 0 bridgehead atoms. The van der Waals surface area contributed by atoms with E-state index in [0.717, 1.165) is 0 Å². The van der Waals surface area contributed by atoms with E-state index in [1.54, 1.807) is 25.1 Å². The lowest BCUT2D eigenvalue weighted by Gasteiger charge is -2.10. The molecule has 0 atom stereocenters. The van der Waals surface area contributed by atoms with Gasteiger partial charge < -0.3 is 9.47 Å². The summed E-state index contributed by atoms with van der Waals surface area (Å²) in [7, 11) is 0. The number of carbonyl (C=O) groups is 2. The fourth-order valence-corrected chi connectivity index (χ4v) is 1.89. The summed E-state index contributed by atoms with van der Waals surface area (Å²) >= 11 is 3.91. The fraction of sp³-hybridized carbons (Fsp3) is 0.273. The molecule has 0 radical (unpaired) electrons. The smallest absolute Gasteiger partial charge is 0.341 e. The van der Waals surface area contributed by atoms with E-state index in [0.29, 0.717) is 3.57 Å². The summed E-state index contributed by atoms with van der Waals surface area (Å²) in [6.07, 6.45) is 0. The fourth-order valence-electron chi connectivity index (χ4n) is 1.12. The van der Waals surface area contributed by atoms with Crippen LogP contribution < -0.4 is 4.74 Å². The van der Waals surface area contributed by atoms with E-state index in [2.05, 4.69) is 0 Å². The Kier molecular flexibility index (Phi) is 6.17. The molecule has 0 spiro atoms. The van der Waals surface area contributed by atoms with E-state index in [9.17, 15) is 9.59 Å². The van der Waals surface area contributed by atoms with Gasteiger partial charge in [0.25, 0.3) is 0 Å². The van der Waals surface area contributed by atoms with Crippen molar-refractivity contribution in [2.45, 2.75) is 6.92 Å². The van der Waals surface area contributed by atoms with Crippen LogP contribution in [0.4, 0.5) is 0 Å². The first-order valence-corrected chi connectivity index (χ1v) is 7.42. The lowest BCUT2D eigenvalue weighted by atomic mass is 10.2. The molecule has 0 amide bonds. The maximum atomic E-state index is 11.7. The number of alkyl halides is 1. The topological polar surface area (TPSA) is 52.6 Å². The molecule has 17 heavy (non-hydrogen) atoms. The van der Waals surface area contributed by atoms with Crippen LogP contribution in [-0.2, 0) is 9.53 Å². The molecule has 0 heterocycles. The van der Waals surface area contributed by atoms with Gasteiger partial charge in [-0.1, -0.05) is 28.7 Å². The van der Waals surface area contributed by atoms with Crippen LogP contribution in [0.1, 0.15) is 17.3 Å². The van der Waals surface area contributed by atoms with Gasteiger partial charge in [-0.15, -0.1) is 0 Å². The number of ether oxygens (including phenoxy) is 2. The van der Waals surface area contributed by atoms with E-state index in [1.165, 1.54) is 0 Å². The van der Waals surface area contributed by atoms with E-state index in [4.69, 9.17) is 9.47 Å². The molecular formula is C11H10I2O4. The van der Waals surface area contributed by atoms with Gasteiger partial charge in [0.1, 0.15) is 5.56 Å². The van der Waals surface area contributed by atoms with Gasteiger partial charge in [0.15, 0.2) is 5.75 Å². The molecule has 0 unspecified atom stereocenters. The minimum atomic E-state index is -0.484. The first-order valence-electron chi connectivity index (χ1n) is 4.82. The predicted molar refractivity (Wildman–Crippen MR) is 79.6 cm³/mol. The molecule has 1 aromatic rings. The molecular weight excluding hydrogens is 450 g/mol. The van der Waals surface area contributed by atoms with Crippen LogP contribution in [-0.4, -0.2) is 23.0 Å². The summed E-state index contributed by atoms with van der Waals surface area (Å²) in [5, 5.41) is 0. The monoisotopic (exact) mass is 460 g/mol. The van der Waals surface area contributed by atoms with Crippen molar-refractivity contribution in [1.82, 2.24) is 0 Å². The van der Waals surface area contributed by atoms with Crippen LogP contribution in [0.5, 0.6) is 5.75 Å². The molecule has 0 aromatic heterocycles. The van der Waals surface area contributed by atoms with Crippen LogP contribution in [0.15, 0.2) is 18.2 Å². The van der Waals surface area contributed by atoms with Gasteiger partial charge in [-0.3, -0.25) is 4.79 Å². The van der Waals surface area contributed by atoms with Gasteiger partial charge in [-0.25, -0.2) is 4.79 Å². The summed E-state index contributed by atoms with van der Waals surface area (Å²) in [6, 6.07) is 5.06. The first kappa shape index (κ1) is 14.7. The number of para-hydroxylation sites is 1. The van der Waals surface area contributed by atoms with Crippen molar-refractivity contribution < 1.29 is 19.1 Å². The van der Waals surface area contributed by atoms with Crippen molar-refractivity contribution in [3.8, 4) is 5.75 Å². The zero-order valence-electron chi connectivity index (χ0n) is 9.04. The number of rotatable bonds is 4. The number of benzene rings is 1. The predicted octanol–water partition coefficient (Wildman–Crippen LogP) is 2.81. The summed E-state index contributed by atoms with van der Waals surface area (Å²) in [5.74, 6) is -0.601. The van der Waals surface area contributed by atoms with Crippen LogP contribution >= 0.6 is 45.2 Å². The molecule has 92 valence electrons. The zero-order chi connectivity index (χ0) is 12.8. The molecule has 0 N–H and O–H groups in total. The van der Waals surface area contributed by atoms with Crippen LogP contribution in [0, 0.1) is 3.57 Å². The second kappa shape index (κ2) is 7.14. The Labute approximate surface area is 126 Å². The average molecular weight is 460 g/mol.